The van der Waals surface area contributed by atoms with E-state index in [0.29, 0.717) is 17.8 Å². The van der Waals surface area contributed by atoms with Crippen molar-refractivity contribution >= 4 is 34.5 Å². The van der Waals surface area contributed by atoms with E-state index >= 15 is 0 Å². The van der Waals surface area contributed by atoms with Gasteiger partial charge < -0.3 is 10.2 Å². The van der Waals surface area contributed by atoms with Crippen LogP contribution in [0.15, 0.2) is 29.6 Å². The number of amides is 2. The van der Waals surface area contributed by atoms with Crippen molar-refractivity contribution in [3.63, 3.8) is 0 Å². The van der Waals surface area contributed by atoms with Gasteiger partial charge in [0.15, 0.2) is 0 Å². The van der Waals surface area contributed by atoms with Crippen LogP contribution in [0.4, 0.5) is 0 Å². The van der Waals surface area contributed by atoms with Crippen LogP contribution >= 0.6 is 22.7 Å². The number of hydrogen-bond acceptors (Lipinski definition) is 4. The van der Waals surface area contributed by atoms with E-state index < -0.39 is 0 Å². The minimum Gasteiger partial charge on any atom is -0.351 e. The summed E-state index contributed by atoms with van der Waals surface area (Å²) in [6.07, 6.45) is 2.44. The van der Waals surface area contributed by atoms with Crippen LogP contribution in [0.5, 0.6) is 0 Å². The standard InChI is InChI=1S/C17H20N2O2S2/c1-12-6-7-14(23-12)13-4-2-10-19(13)16(20)8-9-18-17(21)15-5-3-11-22-15/h3,5-7,11,13H,2,4,8-10H2,1H3,(H,18,21)/t13-/m0/s1. The van der Waals surface area contributed by atoms with E-state index in [0.717, 1.165) is 19.4 Å². The Morgan fingerprint density at radius 3 is 2.91 bits per heavy atom. The highest BCUT2D eigenvalue weighted by molar-refractivity contribution is 7.12. The largest absolute Gasteiger partial charge is 0.351 e. The Labute approximate surface area is 144 Å². The average Bonchev–Trinajstić information content (AvgIpc) is 3.27. The number of likely N-dealkylation sites (tertiary alicyclic amines) is 1. The van der Waals surface area contributed by atoms with Gasteiger partial charge in [0.1, 0.15) is 0 Å². The van der Waals surface area contributed by atoms with Crippen molar-refractivity contribution in [3.8, 4) is 0 Å². The first-order valence-corrected chi connectivity index (χ1v) is 9.52. The van der Waals surface area contributed by atoms with Crippen molar-refractivity contribution in [3.05, 3.63) is 44.3 Å². The van der Waals surface area contributed by atoms with Crippen molar-refractivity contribution in [2.24, 2.45) is 0 Å². The van der Waals surface area contributed by atoms with Crippen LogP contribution < -0.4 is 5.32 Å². The second-order valence-electron chi connectivity index (χ2n) is 5.68. The molecule has 3 rings (SSSR count). The lowest BCUT2D eigenvalue weighted by molar-refractivity contribution is -0.131. The van der Waals surface area contributed by atoms with Crippen LogP contribution in [0, 0.1) is 6.92 Å². The highest BCUT2D eigenvalue weighted by Crippen LogP contribution is 2.35. The molecule has 0 saturated carbocycles. The quantitative estimate of drug-likeness (QED) is 0.897. The topological polar surface area (TPSA) is 49.4 Å². The molecule has 1 aliphatic heterocycles. The predicted octanol–water partition coefficient (Wildman–Crippen LogP) is 3.60. The maximum absolute atomic E-state index is 12.5. The van der Waals surface area contributed by atoms with E-state index in [1.54, 1.807) is 17.4 Å². The minimum atomic E-state index is -0.0975. The summed E-state index contributed by atoms with van der Waals surface area (Å²) >= 11 is 3.18. The first-order chi connectivity index (χ1) is 11.1. The minimum absolute atomic E-state index is 0.0975. The Morgan fingerprint density at radius 2 is 2.22 bits per heavy atom. The van der Waals surface area contributed by atoms with Crippen molar-refractivity contribution in [1.82, 2.24) is 10.2 Å². The predicted molar refractivity (Wildman–Crippen MR) is 94.0 cm³/mol. The Kier molecular flexibility index (Phi) is 5.13. The van der Waals surface area contributed by atoms with Crippen LogP contribution in [-0.2, 0) is 4.79 Å². The van der Waals surface area contributed by atoms with Crippen LogP contribution in [0.25, 0.3) is 0 Å². The normalized spacial score (nSPS) is 17.4. The molecule has 0 radical (unpaired) electrons. The number of thiophene rings is 2. The summed E-state index contributed by atoms with van der Waals surface area (Å²) in [5, 5.41) is 4.70. The first kappa shape index (κ1) is 16.2. The molecule has 0 aromatic carbocycles. The maximum atomic E-state index is 12.5. The maximum Gasteiger partial charge on any atom is 0.261 e. The molecular weight excluding hydrogens is 328 g/mol. The molecule has 1 N–H and O–H groups in total. The SMILES string of the molecule is Cc1ccc([C@@H]2CCCN2C(=O)CCNC(=O)c2cccs2)s1. The second kappa shape index (κ2) is 7.27. The number of carbonyl (C=O) groups is 2. The molecular formula is C17H20N2O2S2. The van der Waals surface area contributed by atoms with Gasteiger partial charge in [-0.1, -0.05) is 6.07 Å². The lowest BCUT2D eigenvalue weighted by atomic mass is 10.2. The molecule has 2 aromatic rings. The van der Waals surface area contributed by atoms with Crippen LogP contribution in [0.1, 0.15) is 44.7 Å². The Bertz CT molecular complexity index is 679. The zero-order valence-corrected chi connectivity index (χ0v) is 14.7. The number of nitrogens with zero attached hydrogens (tertiary/aromatic N) is 1. The van der Waals surface area contributed by atoms with Crippen LogP contribution in [0.3, 0.4) is 0 Å². The lowest BCUT2D eigenvalue weighted by Gasteiger charge is -2.24. The van der Waals surface area contributed by atoms with Crippen molar-refractivity contribution in [2.45, 2.75) is 32.2 Å². The molecule has 1 saturated heterocycles. The van der Waals surface area contributed by atoms with Gasteiger partial charge in [-0.15, -0.1) is 22.7 Å². The molecule has 122 valence electrons. The average molecular weight is 348 g/mol. The summed E-state index contributed by atoms with van der Waals surface area (Å²) in [5.41, 5.74) is 0. The highest BCUT2D eigenvalue weighted by Gasteiger charge is 2.30. The summed E-state index contributed by atoms with van der Waals surface area (Å²) in [5.74, 6) is 0.0321. The molecule has 0 bridgehead atoms. The third-order valence-corrected chi connectivity index (χ3v) is 6.00. The third-order valence-electron chi connectivity index (χ3n) is 4.03. The van der Waals surface area contributed by atoms with Gasteiger partial charge in [0, 0.05) is 29.3 Å². The van der Waals surface area contributed by atoms with Gasteiger partial charge in [0.2, 0.25) is 5.91 Å². The summed E-state index contributed by atoms with van der Waals surface area (Å²) in [6.45, 7) is 3.30. The van der Waals surface area contributed by atoms with Gasteiger partial charge in [-0.3, -0.25) is 9.59 Å². The van der Waals surface area contributed by atoms with Gasteiger partial charge in [-0.2, -0.15) is 0 Å². The summed E-state index contributed by atoms with van der Waals surface area (Å²) < 4.78 is 0. The molecule has 0 aliphatic carbocycles. The molecule has 3 heterocycles. The first-order valence-electron chi connectivity index (χ1n) is 7.82. The Hall–Kier alpha value is -1.66. The molecule has 1 atom stereocenters. The monoisotopic (exact) mass is 348 g/mol. The molecule has 4 nitrogen and oxygen atoms in total. The fourth-order valence-electron chi connectivity index (χ4n) is 2.91. The summed E-state index contributed by atoms with van der Waals surface area (Å²) in [7, 11) is 0. The Balaban J connectivity index is 1.52. The van der Waals surface area contributed by atoms with E-state index in [1.165, 1.54) is 21.1 Å². The molecule has 0 spiro atoms. The molecule has 1 aliphatic rings. The molecule has 23 heavy (non-hydrogen) atoms. The summed E-state index contributed by atoms with van der Waals surface area (Å²) in [4.78, 5) is 29.6. The number of aryl methyl sites for hydroxylation is 1. The number of carbonyl (C=O) groups excluding carboxylic acids is 2. The van der Waals surface area contributed by atoms with Crippen molar-refractivity contribution in [1.29, 1.82) is 0 Å². The molecule has 0 unspecified atom stereocenters. The van der Waals surface area contributed by atoms with E-state index in [9.17, 15) is 9.59 Å². The zero-order valence-electron chi connectivity index (χ0n) is 13.1. The fraction of sp³-hybridized carbons (Fsp3) is 0.412. The third kappa shape index (κ3) is 3.82. The number of rotatable bonds is 5. The van der Waals surface area contributed by atoms with Gasteiger partial charge in [-0.05, 0) is 43.3 Å². The van der Waals surface area contributed by atoms with Crippen molar-refractivity contribution < 1.29 is 9.59 Å². The highest BCUT2D eigenvalue weighted by atomic mass is 32.1. The van der Waals surface area contributed by atoms with E-state index in [1.807, 2.05) is 16.3 Å². The second-order valence-corrected chi connectivity index (χ2v) is 7.94. The van der Waals surface area contributed by atoms with E-state index in [4.69, 9.17) is 0 Å². The molecule has 2 aromatic heterocycles. The molecule has 2 amide bonds. The Morgan fingerprint density at radius 1 is 1.35 bits per heavy atom. The van der Waals surface area contributed by atoms with Gasteiger partial charge in [0.25, 0.3) is 5.91 Å². The zero-order chi connectivity index (χ0) is 16.2. The van der Waals surface area contributed by atoms with Gasteiger partial charge >= 0.3 is 0 Å². The molecule has 6 heteroatoms. The van der Waals surface area contributed by atoms with E-state index in [2.05, 4.69) is 24.4 Å². The lowest BCUT2D eigenvalue weighted by Crippen LogP contribution is -2.33. The van der Waals surface area contributed by atoms with Crippen molar-refractivity contribution in [2.75, 3.05) is 13.1 Å². The van der Waals surface area contributed by atoms with Crippen LogP contribution in [0.2, 0.25) is 0 Å². The number of nitrogens with one attached hydrogen (secondary N) is 1. The van der Waals surface area contributed by atoms with E-state index in [-0.39, 0.29) is 17.9 Å². The summed E-state index contributed by atoms with van der Waals surface area (Å²) in [6, 6.07) is 8.10. The van der Waals surface area contributed by atoms with Crippen LogP contribution in [-0.4, -0.2) is 29.8 Å². The fourth-order valence-corrected chi connectivity index (χ4v) is 4.58. The van der Waals surface area contributed by atoms with Gasteiger partial charge in [0.05, 0.1) is 10.9 Å². The number of hydrogen-bond donors (Lipinski definition) is 1. The molecule has 1 fully saturated rings. The smallest absolute Gasteiger partial charge is 0.261 e. The van der Waals surface area contributed by atoms with Gasteiger partial charge in [-0.25, -0.2) is 0 Å².